The summed E-state index contributed by atoms with van der Waals surface area (Å²) in [4.78, 5) is 29.2. The minimum Gasteiger partial charge on any atom is -0.357 e. The highest BCUT2D eigenvalue weighted by atomic mass is 35.5. The van der Waals surface area contributed by atoms with E-state index in [2.05, 4.69) is 5.32 Å². The number of nitrogens with one attached hydrogen (secondary N) is 1. The molecule has 4 aromatic carbocycles. The minimum absolute atomic E-state index is 0.0365. The predicted octanol–water partition coefficient (Wildman–Crippen LogP) is 5.54. The lowest BCUT2D eigenvalue weighted by molar-refractivity contribution is -0.139. The third kappa shape index (κ3) is 7.19. The average Bonchev–Trinajstić information content (AvgIpc) is 3.00. The summed E-state index contributed by atoms with van der Waals surface area (Å²) in [6.07, 6.45) is 0.250. The minimum atomic E-state index is -4.18. The summed E-state index contributed by atoms with van der Waals surface area (Å²) in [7, 11) is -2.66. The van der Waals surface area contributed by atoms with Crippen molar-refractivity contribution in [1.82, 2.24) is 10.2 Å². The fraction of sp³-hybridized carbons (Fsp3) is 0.212. The predicted molar refractivity (Wildman–Crippen MR) is 167 cm³/mol. The van der Waals surface area contributed by atoms with Gasteiger partial charge >= 0.3 is 0 Å². The van der Waals surface area contributed by atoms with Crippen molar-refractivity contribution in [3.05, 3.63) is 130 Å². The molecular weight excluding hydrogens is 570 g/mol. The Labute approximate surface area is 252 Å². The molecular formula is C33H34ClN3O4S. The highest BCUT2D eigenvalue weighted by Gasteiger charge is 2.34. The van der Waals surface area contributed by atoms with E-state index in [-0.39, 0.29) is 29.5 Å². The largest absolute Gasteiger partial charge is 0.357 e. The summed E-state index contributed by atoms with van der Waals surface area (Å²) in [6, 6.07) is 29.1. The summed E-state index contributed by atoms with van der Waals surface area (Å²) < 4.78 is 29.1. The first-order valence-electron chi connectivity index (χ1n) is 13.5. The van der Waals surface area contributed by atoms with Gasteiger partial charge in [0.25, 0.3) is 10.0 Å². The third-order valence-corrected chi connectivity index (χ3v) is 9.29. The fourth-order valence-corrected chi connectivity index (χ4v) is 6.37. The average molecular weight is 604 g/mol. The van der Waals surface area contributed by atoms with Crippen LogP contribution in [0, 0.1) is 13.8 Å². The van der Waals surface area contributed by atoms with Crippen LogP contribution in [0.4, 0.5) is 5.69 Å². The number of carbonyl (C=O) groups excluding carboxylic acids is 2. The van der Waals surface area contributed by atoms with Crippen LogP contribution in [-0.4, -0.2) is 44.8 Å². The lowest BCUT2D eigenvalue weighted by Gasteiger charge is -2.34. The van der Waals surface area contributed by atoms with Gasteiger partial charge in [-0.1, -0.05) is 96.0 Å². The number of amides is 2. The number of nitrogens with zero attached hydrogens (tertiary/aromatic N) is 2. The van der Waals surface area contributed by atoms with E-state index in [1.807, 2.05) is 61.5 Å². The molecule has 4 rings (SSSR count). The molecule has 0 aliphatic carbocycles. The van der Waals surface area contributed by atoms with Gasteiger partial charge in [-0.3, -0.25) is 13.9 Å². The van der Waals surface area contributed by atoms with Crippen LogP contribution in [0.1, 0.15) is 22.3 Å². The molecule has 4 aromatic rings. The quantitative estimate of drug-likeness (QED) is 0.244. The van der Waals surface area contributed by atoms with Crippen LogP contribution in [-0.2, 0) is 32.6 Å². The number of hydrogen-bond donors (Lipinski definition) is 1. The van der Waals surface area contributed by atoms with Gasteiger partial charge in [0.05, 0.1) is 10.6 Å². The Hall–Kier alpha value is -4.14. The van der Waals surface area contributed by atoms with Gasteiger partial charge in [0.15, 0.2) is 0 Å². The summed E-state index contributed by atoms with van der Waals surface area (Å²) in [5, 5.41) is 3.06. The number of rotatable bonds is 11. The molecule has 0 spiro atoms. The van der Waals surface area contributed by atoms with Crippen LogP contribution >= 0.6 is 11.6 Å². The van der Waals surface area contributed by atoms with E-state index in [9.17, 15) is 18.0 Å². The van der Waals surface area contributed by atoms with Crippen LogP contribution in [0.15, 0.2) is 108 Å². The Balaban J connectivity index is 1.81. The number of anilines is 1. The summed E-state index contributed by atoms with van der Waals surface area (Å²) in [5.74, 6) is -0.880. The van der Waals surface area contributed by atoms with E-state index in [1.165, 1.54) is 24.1 Å². The highest BCUT2D eigenvalue weighted by molar-refractivity contribution is 7.92. The van der Waals surface area contributed by atoms with Crippen LogP contribution in [0.5, 0.6) is 0 Å². The summed E-state index contributed by atoms with van der Waals surface area (Å²) in [5.41, 5.74) is 3.54. The van der Waals surface area contributed by atoms with Gasteiger partial charge in [-0.25, -0.2) is 8.42 Å². The van der Waals surface area contributed by atoms with E-state index in [0.717, 1.165) is 21.0 Å². The SMILES string of the molecule is CNC(=O)C(Cc1ccccc1)N(Cc1ccc(C)cc1)C(=O)CN(c1cccc(Cl)c1C)S(=O)(=O)c1ccccc1. The number of aryl methyl sites for hydroxylation is 1. The van der Waals surface area contributed by atoms with Crippen molar-refractivity contribution in [3.8, 4) is 0 Å². The molecule has 218 valence electrons. The van der Waals surface area contributed by atoms with Crippen molar-refractivity contribution in [2.45, 2.75) is 37.8 Å². The maximum absolute atomic E-state index is 14.3. The van der Waals surface area contributed by atoms with Gasteiger partial charge in [-0.05, 0) is 54.8 Å². The molecule has 9 heteroatoms. The van der Waals surface area contributed by atoms with E-state index in [4.69, 9.17) is 11.6 Å². The smallest absolute Gasteiger partial charge is 0.264 e. The van der Waals surface area contributed by atoms with Gasteiger partial charge in [0.1, 0.15) is 12.6 Å². The maximum Gasteiger partial charge on any atom is 0.264 e. The first-order valence-corrected chi connectivity index (χ1v) is 15.4. The summed E-state index contributed by atoms with van der Waals surface area (Å²) in [6.45, 7) is 3.25. The van der Waals surface area contributed by atoms with E-state index in [0.29, 0.717) is 10.6 Å². The Morgan fingerprint density at radius 3 is 2.05 bits per heavy atom. The lowest BCUT2D eigenvalue weighted by Crippen LogP contribution is -2.53. The van der Waals surface area contributed by atoms with Crippen LogP contribution in [0.25, 0.3) is 0 Å². The lowest BCUT2D eigenvalue weighted by atomic mass is 10.0. The van der Waals surface area contributed by atoms with Gasteiger partial charge in [-0.15, -0.1) is 0 Å². The second-order valence-electron chi connectivity index (χ2n) is 10.0. The highest BCUT2D eigenvalue weighted by Crippen LogP contribution is 2.31. The van der Waals surface area contributed by atoms with Crippen molar-refractivity contribution < 1.29 is 18.0 Å². The van der Waals surface area contributed by atoms with Gasteiger partial charge in [0.2, 0.25) is 11.8 Å². The van der Waals surface area contributed by atoms with Crippen molar-refractivity contribution in [2.24, 2.45) is 0 Å². The number of sulfonamides is 1. The standard InChI is InChI=1S/C33H34ClN3O4S/c1-24-17-19-27(20-18-24)22-36(31(33(39)35-3)21-26-11-6-4-7-12-26)32(38)23-37(30-16-10-15-29(34)25(30)2)42(40,41)28-13-8-5-9-14-28/h4-20,31H,21-23H2,1-3H3,(H,35,39). The zero-order valence-electron chi connectivity index (χ0n) is 23.8. The van der Waals surface area contributed by atoms with Gasteiger partial charge in [0, 0.05) is 25.0 Å². The number of hydrogen-bond acceptors (Lipinski definition) is 4. The first-order chi connectivity index (χ1) is 20.1. The number of benzene rings is 4. The molecule has 0 heterocycles. The number of carbonyl (C=O) groups is 2. The van der Waals surface area contributed by atoms with Crippen molar-refractivity contribution in [3.63, 3.8) is 0 Å². The topological polar surface area (TPSA) is 86.8 Å². The van der Waals surface area contributed by atoms with E-state index in [1.54, 1.807) is 43.3 Å². The molecule has 0 radical (unpaired) electrons. The van der Waals surface area contributed by atoms with Gasteiger partial charge in [-0.2, -0.15) is 0 Å². The first kappa shape index (κ1) is 30.8. The summed E-state index contributed by atoms with van der Waals surface area (Å²) >= 11 is 6.40. The molecule has 0 fully saturated rings. The molecule has 7 nitrogen and oxygen atoms in total. The normalized spacial score (nSPS) is 11.9. The molecule has 0 bridgehead atoms. The zero-order valence-corrected chi connectivity index (χ0v) is 25.4. The van der Waals surface area contributed by atoms with Crippen molar-refractivity contribution >= 4 is 39.1 Å². The van der Waals surface area contributed by atoms with Crippen molar-refractivity contribution in [1.29, 1.82) is 0 Å². The number of likely N-dealkylation sites (N-methyl/N-ethyl adjacent to an activating group) is 1. The van der Waals surface area contributed by atoms with Crippen molar-refractivity contribution in [2.75, 3.05) is 17.9 Å². The Bertz CT molecular complexity index is 1630. The molecule has 1 unspecified atom stereocenters. The molecule has 1 N–H and O–H groups in total. The van der Waals surface area contributed by atoms with E-state index < -0.39 is 28.5 Å². The molecule has 0 aliphatic heterocycles. The fourth-order valence-electron chi connectivity index (χ4n) is 4.71. The molecule has 1 atom stereocenters. The van der Waals surface area contributed by atoms with Crippen LogP contribution < -0.4 is 9.62 Å². The molecule has 2 amide bonds. The molecule has 0 aromatic heterocycles. The van der Waals surface area contributed by atoms with E-state index >= 15 is 0 Å². The Morgan fingerprint density at radius 1 is 0.810 bits per heavy atom. The third-order valence-electron chi connectivity index (χ3n) is 7.11. The molecule has 0 aliphatic rings. The monoisotopic (exact) mass is 603 g/mol. The second kappa shape index (κ2) is 13.7. The molecule has 42 heavy (non-hydrogen) atoms. The van der Waals surface area contributed by atoms with Gasteiger partial charge < -0.3 is 10.2 Å². The van der Waals surface area contributed by atoms with Crippen LogP contribution in [0.2, 0.25) is 5.02 Å². The maximum atomic E-state index is 14.3. The second-order valence-corrected chi connectivity index (χ2v) is 12.3. The molecule has 0 saturated heterocycles. The Morgan fingerprint density at radius 2 is 1.43 bits per heavy atom. The number of halogens is 1. The molecule has 0 saturated carbocycles. The van der Waals surface area contributed by atoms with Crippen LogP contribution in [0.3, 0.4) is 0 Å². The Kier molecular flexibility index (Phi) is 10.0. The zero-order chi connectivity index (χ0) is 30.3.